The van der Waals surface area contributed by atoms with Gasteiger partial charge in [-0.2, -0.15) is 5.10 Å². The molecular weight excluding hydrogens is 350 g/mol. The molecule has 2 aromatic carbocycles. The van der Waals surface area contributed by atoms with Gasteiger partial charge >= 0.3 is 0 Å². The molecule has 1 aliphatic rings. The molecular formula is C22H27N5O. The molecule has 1 aromatic heterocycles. The molecule has 0 unspecified atom stereocenters. The zero-order valence-corrected chi connectivity index (χ0v) is 16.7. The van der Waals surface area contributed by atoms with Gasteiger partial charge in [-0.1, -0.05) is 6.92 Å². The molecule has 1 amide bonds. The fourth-order valence-corrected chi connectivity index (χ4v) is 3.79. The second-order valence-electron chi connectivity index (χ2n) is 7.73. The maximum absolute atomic E-state index is 11.4. The van der Waals surface area contributed by atoms with Crippen LogP contribution >= 0.6 is 0 Å². The number of carbonyl (C=O) groups is 1. The van der Waals surface area contributed by atoms with Crippen LogP contribution < -0.4 is 15.5 Å². The second kappa shape index (κ2) is 7.54. The van der Waals surface area contributed by atoms with E-state index >= 15 is 0 Å². The van der Waals surface area contributed by atoms with Crippen LogP contribution in [0.5, 0.6) is 0 Å². The minimum atomic E-state index is -0.124. The van der Waals surface area contributed by atoms with Crippen LogP contribution in [0.2, 0.25) is 0 Å². The van der Waals surface area contributed by atoms with Gasteiger partial charge in [0, 0.05) is 49.5 Å². The highest BCUT2D eigenvalue weighted by molar-refractivity contribution is 6.00. The number of amides is 1. The largest absolute Gasteiger partial charge is 0.372 e. The molecule has 0 radical (unpaired) electrons. The molecule has 0 atom stereocenters. The predicted molar refractivity (Wildman–Crippen MR) is 115 cm³/mol. The molecule has 1 saturated heterocycles. The summed E-state index contributed by atoms with van der Waals surface area (Å²) >= 11 is 0. The first kappa shape index (κ1) is 18.3. The molecule has 1 aliphatic heterocycles. The average molecular weight is 377 g/mol. The Balaban J connectivity index is 1.52. The van der Waals surface area contributed by atoms with E-state index in [0.29, 0.717) is 5.82 Å². The molecule has 6 heteroatoms. The highest BCUT2D eigenvalue weighted by Gasteiger charge is 2.16. The Bertz CT molecular complexity index is 984. The van der Waals surface area contributed by atoms with Gasteiger partial charge in [0.15, 0.2) is 5.82 Å². The molecule has 2 N–H and O–H groups in total. The molecule has 0 aliphatic carbocycles. The number of benzene rings is 2. The third-order valence-corrected chi connectivity index (χ3v) is 5.45. The Morgan fingerprint density at radius 1 is 1.07 bits per heavy atom. The normalized spacial score (nSPS) is 15.0. The van der Waals surface area contributed by atoms with Gasteiger partial charge in [-0.3, -0.25) is 9.48 Å². The molecule has 28 heavy (non-hydrogen) atoms. The van der Waals surface area contributed by atoms with E-state index in [1.165, 1.54) is 25.5 Å². The maximum Gasteiger partial charge on any atom is 0.222 e. The van der Waals surface area contributed by atoms with Crippen LogP contribution in [-0.2, 0) is 11.8 Å². The Hall–Kier alpha value is -3.02. The van der Waals surface area contributed by atoms with Gasteiger partial charge in [0.05, 0.1) is 5.52 Å². The number of aromatic nitrogens is 2. The predicted octanol–water partition coefficient (Wildman–Crippen LogP) is 4.51. The SMILES string of the molecule is CC(=O)Nc1nn(C)c2ccc(Nc3ccc(N4CCC(C)CC4)cc3)cc12. The zero-order valence-electron chi connectivity index (χ0n) is 16.7. The zero-order chi connectivity index (χ0) is 19.7. The fraction of sp³-hybridized carbons (Fsp3) is 0.364. The molecule has 2 heterocycles. The number of nitrogens with zero attached hydrogens (tertiary/aromatic N) is 3. The van der Waals surface area contributed by atoms with E-state index in [9.17, 15) is 4.79 Å². The van der Waals surface area contributed by atoms with E-state index in [0.717, 1.165) is 41.3 Å². The lowest BCUT2D eigenvalue weighted by Gasteiger charge is -2.32. The van der Waals surface area contributed by atoms with Gasteiger partial charge in [0.2, 0.25) is 5.91 Å². The summed E-state index contributed by atoms with van der Waals surface area (Å²) in [5, 5.41) is 11.6. The molecule has 0 spiro atoms. The van der Waals surface area contributed by atoms with Crippen molar-refractivity contribution in [2.45, 2.75) is 26.7 Å². The second-order valence-corrected chi connectivity index (χ2v) is 7.73. The van der Waals surface area contributed by atoms with E-state index in [4.69, 9.17) is 0 Å². The number of hydrogen-bond acceptors (Lipinski definition) is 4. The monoisotopic (exact) mass is 377 g/mol. The van der Waals surface area contributed by atoms with Crippen molar-refractivity contribution in [3.8, 4) is 0 Å². The lowest BCUT2D eigenvalue weighted by Crippen LogP contribution is -2.32. The number of aryl methyl sites for hydroxylation is 1. The fourth-order valence-electron chi connectivity index (χ4n) is 3.79. The molecule has 0 saturated carbocycles. The molecule has 6 nitrogen and oxygen atoms in total. The summed E-state index contributed by atoms with van der Waals surface area (Å²) < 4.78 is 1.78. The van der Waals surface area contributed by atoms with Gasteiger partial charge in [-0.05, 0) is 61.2 Å². The molecule has 4 rings (SSSR count). The number of hydrogen-bond donors (Lipinski definition) is 2. The summed E-state index contributed by atoms with van der Waals surface area (Å²) in [4.78, 5) is 13.9. The smallest absolute Gasteiger partial charge is 0.222 e. The summed E-state index contributed by atoms with van der Waals surface area (Å²) in [6.45, 7) is 6.10. The lowest BCUT2D eigenvalue weighted by molar-refractivity contribution is -0.114. The minimum Gasteiger partial charge on any atom is -0.372 e. The highest BCUT2D eigenvalue weighted by atomic mass is 16.1. The van der Waals surface area contributed by atoms with Crippen LogP contribution in [0, 0.1) is 5.92 Å². The van der Waals surface area contributed by atoms with Crippen molar-refractivity contribution in [3.63, 3.8) is 0 Å². The molecule has 3 aromatic rings. The van der Waals surface area contributed by atoms with Crippen molar-refractivity contribution < 1.29 is 4.79 Å². The van der Waals surface area contributed by atoms with Crippen LogP contribution in [0.4, 0.5) is 22.9 Å². The minimum absolute atomic E-state index is 0.124. The first-order valence-electron chi connectivity index (χ1n) is 9.86. The summed E-state index contributed by atoms with van der Waals surface area (Å²) in [7, 11) is 1.88. The summed E-state index contributed by atoms with van der Waals surface area (Å²) in [6, 6.07) is 14.7. The molecule has 0 bridgehead atoms. The van der Waals surface area contributed by atoms with Crippen molar-refractivity contribution >= 4 is 39.7 Å². The first-order valence-corrected chi connectivity index (χ1v) is 9.86. The van der Waals surface area contributed by atoms with E-state index in [1.807, 2.05) is 25.2 Å². The molecule has 1 fully saturated rings. The third kappa shape index (κ3) is 3.81. The summed E-state index contributed by atoms with van der Waals surface area (Å²) in [5.41, 5.74) is 4.27. The van der Waals surface area contributed by atoms with Gasteiger partial charge in [-0.15, -0.1) is 0 Å². The Morgan fingerprint density at radius 3 is 2.43 bits per heavy atom. The Kier molecular flexibility index (Phi) is 4.94. The number of fused-ring (bicyclic) bond motifs is 1. The third-order valence-electron chi connectivity index (χ3n) is 5.45. The standard InChI is InChI=1S/C22H27N5O/c1-15-10-12-27(13-11-15)19-7-4-17(5-8-19)24-18-6-9-21-20(14-18)22(23-16(2)28)25-26(21)3/h4-9,14-15,24H,10-13H2,1-3H3,(H,23,25,28). The number of nitrogens with one attached hydrogen (secondary N) is 2. The number of anilines is 4. The van der Waals surface area contributed by atoms with Crippen molar-refractivity contribution in [2.24, 2.45) is 13.0 Å². The van der Waals surface area contributed by atoms with Crippen molar-refractivity contribution in [2.75, 3.05) is 28.6 Å². The van der Waals surface area contributed by atoms with E-state index in [2.05, 4.69) is 51.8 Å². The van der Waals surface area contributed by atoms with E-state index in [1.54, 1.807) is 4.68 Å². The quantitative estimate of drug-likeness (QED) is 0.702. The lowest BCUT2D eigenvalue weighted by atomic mass is 9.99. The Labute approximate surface area is 165 Å². The van der Waals surface area contributed by atoms with Crippen LogP contribution in [0.3, 0.4) is 0 Å². The first-order chi connectivity index (χ1) is 13.5. The number of carbonyl (C=O) groups excluding carboxylic acids is 1. The van der Waals surface area contributed by atoms with Gasteiger partial charge in [0.1, 0.15) is 0 Å². The number of piperidine rings is 1. The van der Waals surface area contributed by atoms with Crippen LogP contribution in [0.1, 0.15) is 26.7 Å². The van der Waals surface area contributed by atoms with Gasteiger partial charge in [-0.25, -0.2) is 0 Å². The van der Waals surface area contributed by atoms with Gasteiger partial charge in [0.25, 0.3) is 0 Å². The van der Waals surface area contributed by atoms with Crippen LogP contribution in [0.15, 0.2) is 42.5 Å². The van der Waals surface area contributed by atoms with Crippen molar-refractivity contribution in [3.05, 3.63) is 42.5 Å². The number of rotatable bonds is 4. The van der Waals surface area contributed by atoms with Crippen molar-refractivity contribution in [1.29, 1.82) is 0 Å². The molecule has 146 valence electrons. The topological polar surface area (TPSA) is 62.2 Å². The average Bonchev–Trinajstić information content (AvgIpc) is 2.97. The van der Waals surface area contributed by atoms with Gasteiger partial charge < -0.3 is 15.5 Å². The highest BCUT2D eigenvalue weighted by Crippen LogP contribution is 2.29. The van der Waals surface area contributed by atoms with Crippen LogP contribution in [-0.4, -0.2) is 28.8 Å². The summed E-state index contributed by atoms with van der Waals surface area (Å²) in [6.07, 6.45) is 2.53. The maximum atomic E-state index is 11.4. The summed E-state index contributed by atoms with van der Waals surface area (Å²) in [5.74, 6) is 1.30. The Morgan fingerprint density at radius 2 is 1.75 bits per heavy atom. The van der Waals surface area contributed by atoms with E-state index in [-0.39, 0.29) is 5.91 Å². The van der Waals surface area contributed by atoms with Crippen molar-refractivity contribution in [1.82, 2.24) is 9.78 Å². The van der Waals surface area contributed by atoms with Crippen LogP contribution in [0.25, 0.3) is 10.9 Å². The van der Waals surface area contributed by atoms with E-state index < -0.39 is 0 Å².